The predicted molar refractivity (Wildman–Crippen MR) is 95.7 cm³/mol. The van der Waals surface area contributed by atoms with Crippen molar-refractivity contribution in [3.63, 3.8) is 0 Å². The van der Waals surface area contributed by atoms with Crippen LogP contribution in [0.5, 0.6) is 5.75 Å². The molecule has 7 nitrogen and oxygen atoms in total. The molecule has 0 saturated carbocycles. The Kier molecular flexibility index (Phi) is 5.48. The van der Waals surface area contributed by atoms with Crippen molar-refractivity contribution in [3.8, 4) is 17.1 Å². The van der Waals surface area contributed by atoms with Crippen LogP contribution in [0.2, 0.25) is 5.02 Å². The second-order valence-corrected chi connectivity index (χ2v) is 6.08. The zero-order chi connectivity index (χ0) is 18.5. The molecule has 1 atom stereocenters. The fourth-order valence-corrected chi connectivity index (χ4v) is 2.46. The van der Waals surface area contributed by atoms with Crippen molar-refractivity contribution in [2.75, 3.05) is 0 Å². The topological polar surface area (TPSA) is 90.1 Å². The maximum absolute atomic E-state index is 12.2. The van der Waals surface area contributed by atoms with Crippen molar-refractivity contribution in [1.82, 2.24) is 20.4 Å². The van der Waals surface area contributed by atoms with E-state index >= 15 is 0 Å². The number of amides is 1. The number of hydrogen-bond acceptors (Lipinski definition) is 6. The highest BCUT2D eigenvalue weighted by Gasteiger charge is 2.17. The summed E-state index contributed by atoms with van der Waals surface area (Å²) in [5.74, 6) is 1.03. The van der Waals surface area contributed by atoms with E-state index in [2.05, 4.69) is 20.4 Å². The lowest BCUT2D eigenvalue weighted by Gasteiger charge is -2.15. The van der Waals surface area contributed by atoms with Crippen LogP contribution in [0.1, 0.15) is 18.4 Å². The molecule has 1 aromatic carbocycles. The molecule has 0 aliphatic heterocycles. The third kappa shape index (κ3) is 4.37. The first-order chi connectivity index (χ1) is 12.5. The van der Waals surface area contributed by atoms with Crippen LogP contribution in [0, 0.1) is 6.92 Å². The average Bonchev–Trinajstić information content (AvgIpc) is 3.11. The van der Waals surface area contributed by atoms with Gasteiger partial charge in [-0.15, -0.1) is 0 Å². The van der Waals surface area contributed by atoms with Gasteiger partial charge < -0.3 is 14.6 Å². The third-order valence-corrected chi connectivity index (χ3v) is 3.85. The molecule has 1 unspecified atom stereocenters. The van der Waals surface area contributed by atoms with E-state index in [0.29, 0.717) is 22.5 Å². The lowest BCUT2D eigenvalue weighted by molar-refractivity contribution is -0.127. The van der Waals surface area contributed by atoms with Crippen molar-refractivity contribution in [1.29, 1.82) is 0 Å². The molecule has 0 aliphatic carbocycles. The van der Waals surface area contributed by atoms with Crippen LogP contribution in [0.25, 0.3) is 11.4 Å². The van der Waals surface area contributed by atoms with Gasteiger partial charge in [0.15, 0.2) is 6.10 Å². The molecule has 1 N–H and O–H groups in total. The molecule has 2 aromatic heterocycles. The Balaban J connectivity index is 1.56. The number of carbonyl (C=O) groups excluding carboxylic acids is 1. The summed E-state index contributed by atoms with van der Waals surface area (Å²) in [5, 5.41) is 7.21. The van der Waals surface area contributed by atoms with Gasteiger partial charge in [0.1, 0.15) is 5.75 Å². The summed E-state index contributed by atoms with van der Waals surface area (Å²) in [6.45, 7) is 3.64. The number of benzene rings is 1. The summed E-state index contributed by atoms with van der Waals surface area (Å²) < 4.78 is 10.8. The Morgan fingerprint density at radius 1 is 1.38 bits per heavy atom. The van der Waals surface area contributed by atoms with E-state index in [-0.39, 0.29) is 12.5 Å². The van der Waals surface area contributed by atoms with Gasteiger partial charge in [0.25, 0.3) is 5.91 Å². The molecule has 0 fully saturated rings. The molecule has 3 aromatic rings. The molecule has 26 heavy (non-hydrogen) atoms. The zero-order valence-electron chi connectivity index (χ0n) is 14.3. The minimum absolute atomic E-state index is 0.111. The third-order valence-electron chi connectivity index (χ3n) is 3.61. The van der Waals surface area contributed by atoms with Gasteiger partial charge in [-0.25, -0.2) is 0 Å². The van der Waals surface area contributed by atoms with Crippen molar-refractivity contribution in [2.45, 2.75) is 26.5 Å². The van der Waals surface area contributed by atoms with E-state index in [1.165, 1.54) is 0 Å². The Morgan fingerprint density at radius 2 is 2.23 bits per heavy atom. The number of carbonyl (C=O) groups is 1. The van der Waals surface area contributed by atoms with Crippen LogP contribution in [-0.4, -0.2) is 27.1 Å². The highest BCUT2D eigenvalue weighted by Crippen LogP contribution is 2.22. The summed E-state index contributed by atoms with van der Waals surface area (Å²) in [6.07, 6.45) is 2.61. The van der Waals surface area contributed by atoms with E-state index in [0.717, 1.165) is 11.1 Å². The van der Waals surface area contributed by atoms with Crippen molar-refractivity contribution >= 4 is 17.5 Å². The quantitative estimate of drug-likeness (QED) is 0.714. The number of aryl methyl sites for hydroxylation is 1. The molecule has 134 valence electrons. The minimum atomic E-state index is -0.685. The van der Waals surface area contributed by atoms with Crippen molar-refractivity contribution in [3.05, 3.63) is 59.2 Å². The van der Waals surface area contributed by atoms with Crippen LogP contribution < -0.4 is 10.1 Å². The first-order valence-electron chi connectivity index (χ1n) is 7.96. The number of hydrogen-bond donors (Lipinski definition) is 1. The largest absolute Gasteiger partial charge is 0.481 e. The Bertz CT molecular complexity index is 898. The molecule has 1 amide bonds. The van der Waals surface area contributed by atoms with Gasteiger partial charge in [0.05, 0.1) is 6.54 Å². The maximum atomic E-state index is 12.2. The lowest BCUT2D eigenvalue weighted by atomic mass is 10.2. The van der Waals surface area contributed by atoms with Crippen molar-refractivity contribution in [2.24, 2.45) is 0 Å². The van der Waals surface area contributed by atoms with Crippen LogP contribution in [0.3, 0.4) is 0 Å². The van der Waals surface area contributed by atoms with E-state index in [1.807, 2.05) is 13.0 Å². The molecule has 2 heterocycles. The van der Waals surface area contributed by atoms with Gasteiger partial charge in [-0.2, -0.15) is 4.98 Å². The highest BCUT2D eigenvalue weighted by molar-refractivity contribution is 6.30. The second kappa shape index (κ2) is 7.97. The van der Waals surface area contributed by atoms with Crippen LogP contribution in [-0.2, 0) is 11.3 Å². The monoisotopic (exact) mass is 372 g/mol. The van der Waals surface area contributed by atoms with Gasteiger partial charge in [-0.1, -0.05) is 16.8 Å². The molecule has 3 rings (SSSR count). The summed E-state index contributed by atoms with van der Waals surface area (Å²) >= 11 is 5.92. The van der Waals surface area contributed by atoms with Crippen LogP contribution >= 0.6 is 11.6 Å². The maximum Gasteiger partial charge on any atom is 0.261 e. The number of pyridine rings is 1. The number of aromatic nitrogens is 3. The average molecular weight is 373 g/mol. The molecule has 0 radical (unpaired) electrons. The normalized spacial score (nSPS) is 11.8. The molecule has 0 spiro atoms. The second-order valence-electron chi connectivity index (χ2n) is 5.64. The van der Waals surface area contributed by atoms with Gasteiger partial charge in [0.2, 0.25) is 11.7 Å². The van der Waals surface area contributed by atoms with Gasteiger partial charge in [-0.3, -0.25) is 9.78 Å². The first kappa shape index (κ1) is 17.9. The Labute approximate surface area is 155 Å². The molecule has 0 saturated heterocycles. The van der Waals surface area contributed by atoms with Crippen LogP contribution in [0.4, 0.5) is 0 Å². The fourth-order valence-electron chi connectivity index (χ4n) is 2.23. The standard InChI is InChI=1S/C18H17ClN4O3/c1-11-8-14(19)5-6-15(11)25-12(2)18(24)21-10-16-22-17(23-26-16)13-4-3-7-20-9-13/h3-9,12H,10H2,1-2H3,(H,21,24). The summed E-state index contributed by atoms with van der Waals surface area (Å²) in [7, 11) is 0. The number of halogens is 1. The lowest BCUT2D eigenvalue weighted by Crippen LogP contribution is -2.36. The number of nitrogens with one attached hydrogen (secondary N) is 1. The SMILES string of the molecule is Cc1cc(Cl)ccc1OC(C)C(=O)NCc1nc(-c2cccnc2)no1. The smallest absolute Gasteiger partial charge is 0.261 e. The Hall–Kier alpha value is -2.93. The number of nitrogens with zero attached hydrogens (tertiary/aromatic N) is 3. The van der Waals surface area contributed by atoms with Gasteiger partial charge in [0, 0.05) is 23.0 Å². The van der Waals surface area contributed by atoms with Gasteiger partial charge in [-0.05, 0) is 49.7 Å². The predicted octanol–water partition coefficient (Wildman–Crippen LogP) is 3.18. The number of rotatable bonds is 6. The van der Waals surface area contributed by atoms with Crippen LogP contribution in [0.15, 0.2) is 47.2 Å². The van der Waals surface area contributed by atoms with E-state index in [1.54, 1.807) is 43.6 Å². The van der Waals surface area contributed by atoms with E-state index in [4.69, 9.17) is 20.9 Å². The fraction of sp³-hybridized carbons (Fsp3) is 0.222. The van der Waals surface area contributed by atoms with E-state index in [9.17, 15) is 4.79 Å². The molecular formula is C18H17ClN4O3. The Morgan fingerprint density at radius 3 is 2.96 bits per heavy atom. The highest BCUT2D eigenvalue weighted by atomic mass is 35.5. The number of ether oxygens (including phenoxy) is 1. The summed E-state index contributed by atoms with van der Waals surface area (Å²) in [5.41, 5.74) is 1.60. The minimum Gasteiger partial charge on any atom is -0.481 e. The summed E-state index contributed by atoms with van der Waals surface area (Å²) in [4.78, 5) is 20.4. The first-order valence-corrected chi connectivity index (χ1v) is 8.34. The molecule has 8 heteroatoms. The molecule has 0 bridgehead atoms. The molecule has 0 aliphatic rings. The van der Waals surface area contributed by atoms with E-state index < -0.39 is 6.10 Å². The van der Waals surface area contributed by atoms with Crippen molar-refractivity contribution < 1.29 is 14.1 Å². The molecular weight excluding hydrogens is 356 g/mol. The summed E-state index contributed by atoms with van der Waals surface area (Å²) in [6, 6.07) is 8.84. The van der Waals surface area contributed by atoms with Gasteiger partial charge >= 0.3 is 0 Å². The zero-order valence-corrected chi connectivity index (χ0v) is 15.0.